The Morgan fingerprint density at radius 2 is 1.76 bits per heavy atom. The van der Waals surface area contributed by atoms with Crippen LogP contribution in [0.15, 0.2) is 72.8 Å². The number of hydrogen-bond acceptors (Lipinski definition) is 5. The van der Waals surface area contributed by atoms with Crippen LogP contribution in [0.1, 0.15) is 54.6 Å². The molecule has 3 aromatic carbocycles. The second kappa shape index (κ2) is 12.0. The molecular weight excluding hydrogens is 480 g/mol. The standard InChI is InChI=1S/C31H36N2O5/c1-20(2)29(32-24-12-10-23(11-13-24)31(36)33(4)17-16-28(34)35)30-21(3)26-18-25(14-15-27(26)38-30)37-19-22-8-6-5-7-9-22/h5-15,18,20-21,29-30,32H,16-17,19H2,1-4H3,(H,34,35). The van der Waals surface area contributed by atoms with Gasteiger partial charge in [-0.05, 0) is 53.9 Å². The number of carbonyl (C=O) groups excluding carboxylic acids is 1. The van der Waals surface area contributed by atoms with E-state index in [-0.39, 0.29) is 42.9 Å². The van der Waals surface area contributed by atoms with Crippen LogP contribution in [0.5, 0.6) is 11.5 Å². The highest BCUT2D eigenvalue weighted by molar-refractivity contribution is 5.94. The van der Waals surface area contributed by atoms with Crippen molar-refractivity contribution in [1.29, 1.82) is 0 Å². The Bertz CT molecular complexity index is 1240. The summed E-state index contributed by atoms with van der Waals surface area (Å²) in [6.07, 6.45) is -0.154. The van der Waals surface area contributed by atoms with Crippen LogP contribution >= 0.6 is 0 Å². The van der Waals surface area contributed by atoms with Gasteiger partial charge in [-0.3, -0.25) is 9.59 Å². The summed E-state index contributed by atoms with van der Waals surface area (Å²) in [5.74, 6) is 1.03. The molecule has 38 heavy (non-hydrogen) atoms. The summed E-state index contributed by atoms with van der Waals surface area (Å²) in [5.41, 5.74) is 3.68. The Morgan fingerprint density at radius 1 is 1.05 bits per heavy atom. The van der Waals surface area contributed by atoms with Crippen LogP contribution in [0.4, 0.5) is 5.69 Å². The van der Waals surface area contributed by atoms with E-state index in [2.05, 4.69) is 32.2 Å². The number of aliphatic carboxylic acids is 1. The normalized spacial score (nSPS) is 16.9. The lowest BCUT2D eigenvalue weighted by atomic mass is 9.87. The molecule has 1 aliphatic rings. The molecule has 3 aromatic rings. The highest BCUT2D eigenvalue weighted by Crippen LogP contribution is 2.42. The molecule has 0 bridgehead atoms. The van der Waals surface area contributed by atoms with Crippen molar-refractivity contribution in [2.75, 3.05) is 18.9 Å². The van der Waals surface area contributed by atoms with Crippen LogP contribution in [0.3, 0.4) is 0 Å². The maximum atomic E-state index is 12.6. The summed E-state index contributed by atoms with van der Waals surface area (Å²) in [7, 11) is 1.61. The van der Waals surface area contributed by atoms with Gasteiger partial charge in [-0.2, -0.15) is 0 Å². The van der Waals surface area contributed by atoms with Gasteiger partial charge >= 0.3 is 5.97 Å². The number of carboxylic acid groups (broad SMARTS) is 1. The molecule has 0 saturated carbocycles. The Labute approximate surface area is 224 Å². The molecule has 0 aromatic heterocycles. The van der Waals surface area contributed by atoms with Crippen LogP contribution in [0.25, 0.3) is 0 Å². The largest absolute Gasteiger partial charge is 0.489 e. The maximum Gasteiger partial charge on any atom is 0.305 e. The Balaban J connectivity index is 1.41. The number of anilines is 1. The molecule has 4 rings (SSSR count). The monoisotopic (exact) mass is 516 g/mol. The lowest BCUT2D eigenvalue weighted by Gasteiger charge is -2.31. The lowest BCUT2D eigenvalue weighted by molar-refractivity contribution is -0.137. The fourth-order valence-corrected chi connectivity index (χ4v) is 4.75. The molecule has 3 unspecified atom stereocenters. The van der Waals surface area contributed by atoms with Crippen LogP contribution in [0, 0.1) is 5.92 Å². The minimum Gasteiger partial charge on any atom is -0.489 e. The zero-order valence-corrected chi connectivity index (χ0v) is 22.4. The zero-order chi connectivity index (χ0) is 27.2. The molecule has 0 aliphatic carbocycles. The Morgan fingerprint density at radius 3 is 2.42 bits per heavy atom. The minimum absolute atomic E-state index is 0.0332. The molecule has 0 radical (unpaired) electrons. The van der Waals surface area contributed by atoms with Gasteiger partial charge in [0.05, 0.1) is 12.5 Å². The van der Waals surface area contributed by atoms with E-state index < -0.39 is 5.97 Å². The molecule has 1 amide bonds. The number of carbonyl (C=O) groups is 2. The first-order valence-electron chi connectivity index (χ1n) is 13.0. The van der Waals surface area contributed by atoms with Crippen molar-refractivity contribution in [3.8, 4) is 11.5 Å². The van der Waals surface area contributed by atoms with E-state index in [4.69, 9.17) is 14.6 Å². The van der Waals surface area contributed by atoms with Crippen molar-refractivity contribution in [1.82, 2.24) is 4.90 Å². The third-order valence-corrected chi connectivity index (χ3v) is 7.02. The Kier molecular flexibility index (Phi) is 8.56. The van der Waals surface area contributed by atoms with E-state index in [0.29, 0.717) is 12.2 Å². The number of amides is 1. The van der Waals surface area contributed by atoms with E-state index >= 15 is 0 Å². The van der Waals surface area contributed by atoms with Crippen molar-refractivity contribution in [2.45, 2.75) is 51.9 Å². The molecule has 0 spiro atoms. The average Bonchev–Trinajstić information content (AvgIpc) is 3.24. The lowest BCUT2D eigenvalue weighted by Crippen LogP contribution is -2.42. The fourth-order valence-electron chi connectivity index (χ4n) is 4.75. The van der Waals surface area contributed by atoms with Gasteiger partial charge in [-0.15, -0.1) is 0 Å². The van der Waals surface area contributed by atoms with Crippen LogP contribution in [-0.2, 0) is 11.4 Å². The van der Waals surface area contributed by atoms with Crippen LogP contribution in [0.2, 0.25) is 0 Å². The minimum atomic E-state index is -0.926. The number of nitrogens with one attached hydrogen (secondary N) is 1. The quantitative estimate of drug-likeness (QED) is 0.334. The summed E-state index contributed by atoms with van der Waals surface area (Å²) in [6, 6.07) is 23.5. The second-order valence-electron chi connectivity index (χ2n) is 10.2. The van der Waals surface area contributed by atoms with Gasteiger partial charge < -0.3 is 24.8 Å². The molecule has 7 nitrogen and oxygen atoms in total. The molecule has 2 N–H and O–H groups in total. The van der Waals surface area contributed by atoms with E-state index in [1.165, 1.54) is 4.90 Å². The van der Waals surface area contributed by atoms with Crippen molar-refractivity contribution < 1.29 is 24.2 Å². The first kappa shape index (κ1) is 27.0. The SMILES string of the molecule is CC(C)C(Nc1ccc(C(=O)N(C)CCC(=O)O)cc1)C1Oc2ccc(OCc3ccccc3)cc2C1C. The smallest absolute Gasteiger partial charge is 0.305 e. The highest BCUT2D eigenvalue weighted by Gasteiger charge is 2.38. The Hall–Kier alpha value is -4.00. The number of fused-ring (bicyclic) bond motifs is 1. The summed E-state index contributed by atoms with van der Waals surface area (Å²) in [4.78, 5) is 24.8. The summed E-state index contributed by atoms with van der Waals surface area (Å²) in [5, 5.41) is 12.5. The maximum absolute atomic E-state index is 12.6. The number of rotatable bonds is 11. The zero-order valence-electron chi connectivity index (χ0n) is 22.4. The fraction of sp³-hybridized carbons (Fsp3) is 0.355. The van der Waals surface area contributed by atoms with Crippen molar-refractivity contribution in [2.24, 2.45) is 5.92 Å². The van der Waals surface area contributed by atoms with Gasteiger partial charge in [0.2, 0.25) is 0 Å². The number of hydrogen-bond donors (Lipinski definition) is 2. The molecule has 0 fully saturated rings. The van der Waals surface area contributed by atoms with E-state index in [1.54, 1.807) is 19.2 Å². The molecule has 1 heterocycles. The third-order valence-electron chi connectivity index (χ3n) is 7.02. The molecule has 200 valence electrons. The first-order valence-corrected chi connectivity index (χ1v) is 13.0. The topological polar surface area (TPSA) is 88.1 Å². The summed E-state index contributed by atoms with van der Waals surface area (Å²) >= 11 is 0. The summed E-state index contributed by atoms with van der Waals surface area (Å²) in [6.45, 7) is 7.20. The predicted molar refractivity (Wildman–Crippen MR) is 148 cm³/mol. The van der Waals surface area contributed by atoms with E-state index in [1.807, 2.05) is 54.6 Å². The van der Waals surface area contributed by atoms with Crippen LogP contribution < -0.4 is 14.8 Å². The van der Waals surface area contributed by atoms with Crippen molar-refractivity contribution in [3.05, 3.63) is 89.5 Å². The average molecular weight is 517 g/mol. The highest BCUT2D eigenvalue weighted by atomic mass is 16.5. The van der Waals surface area contributed by atoms with Gasteiger partial charge in [0.15, 0.2) is 0 Å². The molecule has 3 atom stereocenters. The number of benzene rings is 3. The van der Waals surface area contributed by atoms with Crippen LogP contribution in [-0.4, -0.2) is 47.6 Å². The number of ether oxygens (including phenoxy) is 2. The van der Waals surface area contributed by atoms with Gasteiger partial charge in [-0.25, -0.2) is 0 Å². The van der Waals surface area contributed by atoms with Crippen molar-refractivity contribution in [3.63, 3.8) is 0 Å². The first-order chi connectivity index (χ1) is 18.2. The molecule has 7 heteroatoms. The van der Waals surface area contributed by atoms with Gasteiger partial charge in [0.1, 0.15) is 24.2 Å². The molecule has 1 aliphatic heterocycles. The predicted octanol–water partition coefficient (Wildman–Crippen LogP) is 5.81. The van der Waals surface area contributed by atoms with Gasteiger partial charge in [-0.1, -0.05) is 51.1 Å². The second-order valence-corrected chi connectivity index (χ2v) is 10.2. The number of carboxylic acids is 1. The van der Waals surface area contributed by atoms with Gasteiger partial charge in [0, 0.05) is 36.3 Å². The van der Waals surface area contributed by atoms with Gasteiger partial charge in [0.25, 0.3) is 5.91 Å². The van der Waals surface area contributed by atoms with E-state index in [0.717, 1.165) is 28.3 Å². The summed E-state index contributed by atoms with van der Waals surface area (Å²) < 4.78 is 12.5. The number of nitrogens with zero attached hydrogens (tertiary/aromatic N) is 1. The van der Waals surface area contributed by atoms with E-state index in [9.17, 15) is 9.59 Å². The third kappa shape index (κ3) is 6.46. The molecule has 0 saturated heterocycles. The molecular formula is C31H36N2O5. The van der Waals surface area contributed by atoms with Crippen molar-refractivity contribution >= 4 is 17.6 Å².